The van der Waals surface area contributed by atoms with E-state index in [0.717, 1.165) is 4.48 Å². The van der Waals surface area contributed by atoms with Gasteiger partial charge in [-0.3, -0.25) is 0 Å². The van der Waals surface area contributed by atoms with Gasteiger partial charge in [-0.15, -0.1) is 0 Å². The van der Waals surface area contributed by atoms with Crippen molar-refractivity contribution in [3.05, 3.63) is 12.2 Å². The van der Waals surface area contributed by atoms with Crippen molar-refractivity contribution in [2.24, 2.45) is 0 Å². The van der Waals surface area contributed by atoms with Crippen LogP contribution >= 0.6 is 0 Å². The zero-order valence-corrected chi connectivity index (χ0v) is 9.48. The second-order valence-electron chi connectivity index (χ2n) is 3.68. The lowest BCUT2D eigenvalue weighted by atomic mass is 10.4. The molecule has 78 valence electrons. The van der Waals surface area contributed by atoms with Gasteiger partial charge in [0.2, 0.25) is 0 Å². The molecule has 0 aromatic heterocycles. The molecule has 3 nitrogen and oxygen atoms in total. The Morgan fingerprint density at radius 3 is 1.54 bits per heavy atom. The molecule has 0 aliphatic carbocycles. The summed E-state index contributed by atoms with van der Waals surface area (Å²) in [5.41, 5.74) is 0.287. The van der Waals surface area contributed by atoms with Gasteiger partial charge in [0.25, 0.3) is 0 Å². The van der Waals surface area contributed by atoms with E-state index in [1.807, 2.05) is 0 Å². The van der Waals surface area contributed by atoms with Gasteiger partial charge in [0.05, 0.1) is 27.2 Å². The fourth-order valence-electron chi connectivity index (χ4n) is 0.224. The van der Waals surface area contributed by atoms with Crippen LogP contribution in [0.3, 0.4) is 0 Å². The van der Waals surface area contributed by atoms with Crippen LogP contribution in [0.4, 0.5) is 0 Å². The Morgan fingerprint density at radius 1 is 1.31 bits per heavy atom. The van der Waals surface area contributed by atoms with E-state index in [2.05, 4.69) is 34.5 Å². The number of quaternary nitrogens is 1. The molecule has 0 rings (SSSR count). The van der Waals surface area contributed by atoms with Crippen LogP contribution < -0.4 is 5.11 Å². The molecule has 0 radical (unpaired) electrons. The molecule has 0 bridgehead atoms. The molecular formula is C10H22N2O. The van der Waals surface area contributed by atoms with Gasteiger partial charge in [-0.1, -0.05) is 6.58 Å². The predicted molar refractivity (Wildman–Crippen MR) is 55.7 cm³/mol. The monoisotopic (exact) mass is 186 g/mol. The molecule has 0 aromatic carbocycles. The summed E-state index contributed by atoms with van der Waals surface area (Å²) in [7, 11) is 4.47. The zero-order valence-electron chi connectivity index (χ0n) is 9.48. The van der Waals surface area contributed by atoms with Crippen molar-refractivity contribution in [2.45, 2.75) is 20.8 Å². The molecule has 0 aromatic rings. The van der Waals surface area contributed by atoms with E-state index >= 15 is 0 Å². The minimum atomic E-state index is -0.685. The maximum Gasteiger partial charge on any atom is 0.0753 e. The fourth-order valence-corrected chi connectivity index (χ4v) is 0.224. The second-order valence-corrected chi connectivity index (χ2v) is 3.68. The van der Waals surface area contributed by atoms with Crippen LogP contribution in [0.15, 0.2) is 12.2 Å². The van der Waals surface area contributed by atoms with Gasteiger partial charge >= 0.3 is 0 Å². The van der Waals surface area contributed by atoms with E-state index in [4.69, 9.17) is 5.41 Å². The van der Waals surface area contributed by atoms with Crippen LogP contribution in [0, 0.1) is 5.41 Å². The molecule has 0 saturated carbocycles. The summed E-state index contributed by atoms with van der Waals surface area (Å²) in [5.74, 6) is -0.685. The largest absolute Gasteiger partial charge is 0.859 e. The second kappa shape index (κ2) is 6.66. The molecule has 0 heterocycles. The number of hydrogen-bond donors (Lipinski definition) is 1. The molecule has 0 spiro atoms. The highest BCUT2D eigenvalue weighted by Crippen LogP contribution is 1.91. The smallest absolute Gasteiger partial charge is 0.0753 e. The highest BCUT2D eigenvalue weighted by molar-refractivity contribution is 5.85. The van der Waals surface area contributed by atoms with E-state index in [1.165, 1.54) is 20.0 Å². The molecule has 0 aliphatic rings. The Balaban J connectivity index is 0. The van der Waals surface area contributed by atoms with E-state index in [-0.39, 0.29) is 5.57 Å². The van der Waals surface area contributed by atoms with Crippen molar-refractivity contribution in [2.75, 3.05) is 27.2 Å². The minimum Gasteiger partial charge on any atom is -0.859 e. The minimum absolute atomic E-state index is 0.287. The van der Waals surface area contributed by atoms with Gasteiger partial charge < -0.3 is 15.0 Å². The molecule has 3 heteroatoms. The van der Waals surface area contributed by atoms with Crippen LogP contribution in [-0.4, -0.2) is 37.6 Å². The summed E-state index contributed by atoms with van der Waals surface area (Å²) >= 11 is 0. The quantitative estimate of drug-likeness (QED) is 0.399. The average molecular weight is 186 g/mol. The standard InChI is InChI=1S/C6H16N.C4H7NO/c1-5-7(3,4)6-2;1-3(2)4(5)6/h5-6H2,1-4H3;1H2,2H3,(H2,5,6)/q+1;/p-1. The maximum absolute atomic E-state index is 9.71. The van der Waals surface area contributed by atoms with Crippen LogP contribution in [0.25, 0.3) is 0 Å². The molecule has 0 amide bonds. The Kier molecular flexibility index (Phi) is 7.52. The maximum atomic E-state index is 9.71. The van der Waals surface area contributed by atoms with E-state index < -0.39 is 5.90 Å². The Bertz CT molecular complexity index is 156. The normalized spacial score (nSPS) is 9.92. The first-order chi connectivity index (χ1) is 5.76. The lowest BCUT2D eigenvalue weighted by Crippen LogP contribution is -2.38. The highest BCUT2D eigenvalue weighted by atomic mass is 16.3. The summed E-state index contributed by atoms with van der Waals surface area (Å²) < 4.78 is 1.14. The van der Waals surface area contributed by atoms with Crippen molar-refractivity contribution in [1.82, 2.24) is 0 Å². The third-order valence-electron chi connectivity index (χ3n) is 2.10. The van der Waals surface area contributed by atoms with Crippen molar-refractivity contribution in [3.63, 3.8) is 0 Å². The van der Waals surface area contributed by atoms with Gasteiger partial charge in [0.15, 0.2) is 0 Å². The molecule has 0 saturated heterocycles. The molecule has 0 unspecified atom stereocenters. The number of nitrogens with zero attached hydrogens (tertiary/aromatic N) is 1. The summed E-state index contributed by atoms with van der Waals surface area (Å²) in [5, 5.41) is 16.0. The highest BCUT2D eigenvalue weighted by Gasteiger charge is 2.04. The molecule has 13 heavy (non-hydrogen) atoms. The van der Waals surface area contributed by atoms with E-state index in [0.29, 0.717) is 0 Å². The van der Waals surface area contributed by atoms with Gasteiger partial charge in [-0.2, -0.15) is 0 Å². The van der Waals surface area contributed by atoms with E-state index in [1.54, 1.807) is 0 Å². The third kappa shape index (κ3) is 11.2. The summed E-state index contributed by atoms with van der Waals surface area (Å²) in [4.78, 5) is 0. The van der Waals surface area contributed by atoms with Gasteiger partial charge in [-0.05, 0) is 32.2 Å². The Labute approximate surface area is 81.8 Å². The molecule has 0 atom stereocenters. The first kappa shape index (κ1) is 14.7. The van der Waals surface area contributed by atoms with Crippen molar-refractivity contribution in [3.8, 4) is 0 Å². The topological polar surface area (TPSA) is 46.9 Å². The summed E-state index contributed by atoms with van der Waals surface area (Å²) in [6.07, 6.45) is 0. The lowest BCUT2D eigenvalue weighted by molar-refractivity contribution is -0.886. The number of hydrogen-bond acceptors (Lipinski definition) is 2. The van der Waals surface area contributed by atoms with Crippen LogP contribution in [0.5, 0.6) is 0 Å². The zero-order chi connectivity index (χ0) is 11.1. The van der Waals surface area contributed by atoms with Gasteiger partial charge in [0.1, 0.15) is 0 Å². The van der Waals surface area contributed by atoms with Crippen LogP contribution in [0.2, 0.25) is 0 Å². The lowest BCUT2D eigenvalue weighted by Gasteiger charge is -2.25. The van der Waals surface area contributed by atoms with Crippen LogP contribution in [0.1, 0.15) is 20.8 Å². The molecule has 0 fully saturated rings. The van der Waals surface area contributed by atoms with Gasteiger partial charge in [0, 0.05) is 0 Å². The number of nitrogens with one attached hydrogen (secondary N) is 1. The first-order valence-corrected chi connectivity index (χ1v) is 4.50. The van der Waals surface area contributed by atoms with Crippen molar-refractivity contribution >= 4 is 5.90 Å². The Hall–Kier alpha value is -0.830. The van der Waals surface area contributed by atoms with Crippen molar-refractivity contribution < 1.29 is 9.59 Å². The number of rotatable bonds is 3. The third-order valence-corrected chi connectivity index (χ3v) is 2.10. The molecular weight excluding hydrogens is 164 g/mol. The van der Waals surface area contributed by atoms with Crippen LogP contribution in [-0.2, 0) is 0 Å². The first-order valence-electron chi connectivity index (χ1n) is 4.50. The molecule has 1 N–H and O–H groups in total. The van der Waals surface area contributed by atoms with E-state index in [9.17, 15) is 5.11 Å². The SMILES string of the molecule is C=C(C)C(=N)[O-].CC[N+](C)(C)CC. The Morgan fingerprint density at radius 2 is 1.54 bits per heavy atom. The fraction of sp³-hybridized carbons (Fsp3) is 0.700. The summed E-state index contributed by atoms with van der Waals surface area (Å²) in [6.45, 7) is 11.6. The van der Waals surface area contributed by atoms with Gasteiger partial charge in [-0.25, -0.2) is 0 Å². The summed E-state index contributed by atoms with van der Waals surface area (Å²) in [6, 6.07) is 0. The molecule has 0 aliphatic heterocycles. The average Bonchev–Trinajstić information content (AvgIpc) is 2.05. The van der Waals surface area contributed by atoms with Crippen molar-refractivity contribution in [1.29, 1.82) is 5.41 Å². The predicted octanol–water partition coefficient (Wildman–Crippen LogP) is 1.00.